The van der Waals surface area contributed by atoms with E-state index in [1.807, 2.05) is 0 Å². The lowest BCUT2D eigenvalue weighted by Crippen LogP contribution is -2.23. The van der Waals surface area contributed by atoms with Crippen LogP contribution in [0.3, 0.4) is 0 Å². The largest absolute Gasteiger partial charge is 0.366 e. The van der Waals surface area contributed by atoms with Gasteiger partial charge in [0.25, 0.3) is 5.91 Å². The van der Waals surface area contributed by atoms with Crippen LogP contribution in [0.5, 0.6) is 0 Å². The lowest BCUT2D eigenvalue weighted by atomic mass is 10.1. The van der Waals surface area contributed by atoms with Crippen molar-refractivity contribution in [2.45, 2.75) is 36.3 Å². The Bertz CT molecular complexity index is 670. The second kappa shape index (κ2) is 6.51. The van der Waals surface area contributed by atoms with Gasteiger partial charge in [-0.15, -0.1) is 11.3 Å². The van der Waals surface area contributed by atoms with E-state index in [1.54, 1.807) is 18.0 Å². The van der Waals surface area contributed by atoms with E-state index in [4.69, 9.17) is 11.0 Å². The normalized spacial score (nSPS) is 19.8. The number of primary amides is 1. The summed E-state index contributed by atoms with van der Waals surface area (Å²) in [7, 11) is 0. The Morgan fingerprint density at radius 2 is 2.04 bits per heavy atom. The number of carbonyl (C=O) groups excluding carboxylic acids is 2. The fourth-order valence-corrected chi connectivity index (χ4v) is 4.88. The number of hydrogen-bond acceptors (Lipinski definition) is 6. The van der Waals surface area contributed by atoms with Gasteiger partial charge in [-0.3, -0.25) is 9.59 Å². The van der Waals surface area contributed by atoms with Crippen molar-refractivity contribution in [3.8, 4) is 6.07 Å². The third-order valence-corrected chi connectivity index (χ3v) is 6.37. The number of thiophene rings is 1. The Hall–Kier alpha value is -1.56. The van der Waals surface area contributed by atoms with Gasteiger partial charge in [0.05, 0.1) is 15.8 Å². The minimum atomic E-state index is -0.918. The second-order valence-corrected chi connectivity index (χ2v) is 8.35. The zero-order valence-corrected chi connectivity index (χ0v) is 14.3. The summed E-state index contributed by atoms with van der Waals surface area (Å²) in [6.07, 6.45) is 4.75. The average Bonchev–Trinajstić information content (AvgIpc) is 3.25. The number of piperidine rings is 1. The quantitative estimate of drug-likeness (QED) is 0.795. The Balaban J connectivity index is 1.75. The number of carbonyl (C=O) groups is 2. The van der Waals surface area contributed by atoms with Crippen LogP contribution in [0.2, 0.25) is 0 Å². The van der Waals surface area contributed by atoms with E-state index in [1.165, 1.54) is 30.6 Å². The Kier molecular flexibility index (Phi) is 4.62. The Morgan fingerprint density at radius 1 is 1.35 bits per heavy atom. The van der Waals surface area contributed by atoms with Crippen molar-refractivity contribution >= 4 is 40.1 Å². The predicted molar refractivity (Wildman–Crippen MR) is 90.0 cm³/mol. The first-order chi connectivity index (χ1) is 11.0. The summed E-state index contributed by atoms with van der Waals surface area (Å²) < 4.78 is 3.20. The molecular formula is C15H18N4O2S2. The summed E-state index contributed by atoms with van der Waals surface area (Å²) in [5.41, 5.74) is 4.82. The van der Waals surface area contributed by atoms with Gasteiger partial charge in [0.15, 0.2) is 0 Å². The highest BCUT2D eigenvalue weighted by Gasteiger charge is 2.51. The van der Waals surface area contributed by atoms with E-state index < -0.39 is 11.3 Å². The summed E-state index contributed by atoms with van der Waals surface area (Å²) in [6.45, 7) is 2.04. The average molecular weight is 350 g/mol. The minimum absolute atomic E-state index is 0.316. The number of rotatable bonds is 5. The van der Waals surface area contributed by atoms with Crippen LogP contribution in [0, 0.1) is 16.7 Å². The van der Waals surface area contributed by atoms with Gasteiger partial charge >= 0.3 is 0 Å². The van der Waals surface area contributed by atoms with Gasteiger partial charge in [0.2, 0.25) is 5.91 Å². The molecule has 2 amide bonds. The summed E-state index contributed by atoms with van der Waals surface area (Å²) >= 11 is 2.94. The molecular weight excluding hydrogens is 332 g/mol. The van der Waals surface area contributed by atoms with Crippen molar-refractivity contribution in [1.29, 1.82) is 5.26 Å². The molecule has 1 aliphatic heterocycles. The van der Waals surface area contributed by atoms with Crippen LogP contribution in [0.1, 0.15) is 42.5 Å². The number of nitrogens with zero attached hydrogens (tertiary/aromatic N) is 2. The molecule has 1 saturated heterocycles. The van der Waals surface area contributed by atoms with Crippen LogP contribution in [0.15, 0.2) is 10.3 Å². The van der Waals surface area contributed by atoms with Crippen LogP contribution in [0.25, 0.3) is 0 Å². The smallest absolute Gasteiger partial charge is 0.251 e. The molecule has 2 heterocycles. The maximum atomic E-state index is 12.2. The van der Waals surface area contributed by atoms with Crippen molar-refractivity contribution in [1.82, 2.24) is 4.31 Å². The number of nitriles is 1. The SMILES string of the molecule is N#CC1(C(=O)Nc2sc(SN3CCCCC3)cc2C(N)=O)CC1. The van der Waals surface area contributed by atoms with E-state index in [-0.39, 0.29) is 5.91 Å². The third kappa shape index (κ3) is 3.52. The second-order valence-electron chi connectivity index (χ2n) is 5.90. The van der Waals surface area contributed by atoms with Gasteiger partial charge in [0, 0.05) is 13.1 Å². The summed E-state index contributed by atoms with van der Waals surface area (Å²) in [6, 6.07) is 3.79. The van der Waals surface area contributed by atoms with E-state index in [9.17, 15) is 9.59 Å². The maximum Gasteiger partial charge on any atom is 0.251 e. The highest BCUT2D eigenvalue weighted by molar-refractivity contribution is 7.99. The van der Waals surface area contributed by atoms with Gasteiger partial charge in [-0.2, -0.15) is 5.26 Å². The number of nitrogens with two attached hydrogens (primary N) is 1. The van der Waals surface area contributed by atoms with Gasteiger partial charge in [-0.1, -0.05) is 6.42 Å². The Morgan fingerprint density at radius 3 is 2.61 bits per heavy atom. The molecule has 0 aromatic carbocycles. The Labute approximate surface area is 143 Å². The summed E-state index contributed by atoms with van der Waals surface area (Å²) in [4.78, 5) is 23.8. The highest BCUT2D eigenvalue weighted by Crippen LogP contribution is 2.46. The molecule has 0 atom stereocenters. The summed E-state index contributed by atoms with van der Waals surface area (Å²) in [5, 5.41) is 12.3. The van der Waals surface area contributed by atoms with Crippen LogP contribution in [-0.2, 0) is 4.79 Å². The van der Waals surface area contributed by atoms with Crippen LogP contribution < -0.4 is 11.1 Å². The molecule has 0 bridgehead atoms. The molecule has 0 spiro atoms. The van der Waals surface area contributed by atoms with E-state index in [2.05, 4.69) is 15.7 Å². The number of anilines is 1. The van der Waals surface area contributed by atoms with E-state index >= 15 is 0 Å². The van der Waals surface area contributed by atoms with Crippen molar-refractivity contribution in [2.24, 2.45) is 11.1 Å². The van der Waals surface area contributed by atoms with E-state index in [0.29, 0.717) is 23.4 Å². The fourth-order valence-electron chi connectivity index (χ4n) is 2.51. The topological polar surface area (TPSA) is 99.2 Å². The number of hydrogen-bond donors (Lipinski definition) is 2. The van der Waals surface area contributed by atoms with Crippen molar-refractivity contribution < 1.29 is 9.59 Å². The first-order valence-electron chi connectivity index (χ1n) is 7.63. The minimum Gasteiger partial charge on any atom is -0.366 e. The fraction of sp³-hybridized carbons (Fsp3) is 0.533. The molecule has 0 unspecified atom stereocenters. The van der Waals surface area contributed by atoms with Gasteiger partial charge < -0.3 is 11.1 Å². The molecule has 1 aliphatic carbocycles. The molecule has 23 heavy (non-hydrogen) atoms. The van der Waals surface area contributed by atoms with Crippen LogP contribution >= 0.6 is 23.3 Å². The lowest BCUT2D eigenvalue weighted by molar-refractivity contribution is -0.119. The zero-order chi connectivity index (χ0) is 16.4. The van der Waals surface area contributed by atoms with Gasteiger partial charge in [0.1, 0.15) is 10.4 Å². The molecule has 6 nitrogen and oxygen atoms in total. The number of amides is 2. The standard InChI is InChI=1S/C15H18N4O2S2/c16-9-15(4-5-15)14(21)18-13-10(12(17)20)8-11(22-13)23-19-6-2-1-3-7-19/h8H,1-7H2,(H2,17,20)(H,18,21). The van der Waals surface area contributed by atoms with Crippen molar-refractivity contribution in [3.05, 3.63) is 11.6 Å². The van der Waals surface area contributed by atoms with Gasteiger partial charge in [-0.05, 0) is 43.7 Å². The van der Waals surface area contributed by atoms with Crippen molar-refractivity contribution in [2.75, 3.05) is 18.4 Å². The molecule has 1 aromatic heterocycles. The molecule has 122 valence electrons. The van der Waals surface area contributed by atoms with E-state index in [0.717, 1.165) is 17.3 Å². The monoisotopic (exact) mass is 350 g/mol. The van der Waals surface area contributed by atoms with Crippen LogP contribution in [-0.4, -0.2) is 29.2 Å². The first-order valence-corrected chi connectivity index (χ1v) is 9.22. The zero-order valence-electron chi connectivity index (χ0n) is 12.6. The molecule has 3 N–H and O–H groups in total. The predicted octanol–water partition coefficient (Wildman–Crippen LogP) is 2.58. The highest BCUT2D eigenvalue weighted by atomic mass is 32.2. The third-order valence-electron chi connectivity index (χ3n) is 4.13. The molecule has 1 saturated carbocycles. The summed E-state index contributed by atoms with van der Waals surface area (Å²) in [5.74, 6) is -0.900. The molecule has 2 fully saturated rings. The van der Waals surface area contributed by atoms with Crippen molar-refractivity contribution in [3.63, 3.8) is 0 Å². The van der Waals surface area contributed by atoms with Gasteiger partial charge in [-0.25, -0.2) is 4.31 Å². The lowest BCUT2D eigenvalue weighted by Gasteiger charge is -2.24. The molecule has 3 rings (SSSR count). The van der Waals surface area contributed by atoms with Crippen LogP contribution in [0.4, 0.5) is 5.00 Å². The number of nitrogens with one attached hydrogen (secondary N) is 1. The molecule has 8 heteroatoms. The molecule has 1 aromatic rings. The molecule has 2 aliphatic rings. The molecule has 0 radical (unpaired) electrons. The first kappa shape index (κ1) is 16.3. The maximum absolute atomic E-state index is 12.2.